The predicted molar refractivity (Wildman–Crippen MR) is 111 cm³/mol. The Morgan fingerprint density at radius 3 is 2.63 bits per heavy atom. The third-order valence-corrected chi connectivity index (χ3v) is 7.21. The summed E-state index contributed by atoms with van der Waals surface area (Å²) in [7, 11) is -3.31. The molecule has 6 nitrogen and oxygen atoms in total. The molecular formula is C20H34N4O2S. The lowest BCUT2D eigenvalue weighted by Gasteiger charge is -2.36. The van der Waals surface area contributed by atoms with E-state index >= 15 is 0 Å². The first kappa shape index (κ1) is 20.6. The van der Waals surface area contributed by atoms with Crippen LogP contribution in [0.4, 0.5) is 5.69 Å². The summed E-state index contributed by atoms with van der Waals surface area (Å²) in [6, 6.07) is 8.67. The average molecular weight is 395 g/mol. The third kappa shape index (κ3) is 5.91. The largest absolute Gasteiger partial charge is 0.369 e. The van der Waals surface area contributed by atoms with Gasteiger partial charge in [0.15, 0.2) is 0 Å². The first-order chi connectivity index (χ1) is 12.9. The molecular weight excluding hydrogens is 360 g/mol. The van der Waals surface area contributed by atoms with E-state index in [1.165, 1.54) is 11.3 Å². The number of benzene rings is 1. The second-order valence-corrected chi connectivity index (χ2v) is 9.78. The van der Waals surface area contributed by atoms with Crippen molar-refractivity contribution in [2.75, 3.05) is 57.3 Å². The zero-order chi connectivity index (χ0) is 19.3. The van der Waals surface area contributed by atoms with Gasteiger partial charge in [-0.1, -0.05) is 19.1 Å². The Kier molecular flexibility index (Phi) is 7.14. The van der Waals surface area contributed by atoms with Gasteiger partial charge in [-0.3, -0.25) is 4.90 Å². The quantitative estimate of drug-likeness (QED) is 0.720. The van der Waals surface area contributed by atoms with E-state index in [1.54, 1.807) is 4.31 Å². The van der Waals surface area contributed by atoms with Crippen molar-refractivity contribution in [2.24, 2.45) is 5.92 Å². The lowest BCUT2D eigenvalue weighted by Crippen LogP contribution is -2.48. The Morgan fingerprint density at radius 2 is 1.93 bits per heavy atom. The molecule has 1 unspecified atom stereocenters. The Labute approximate surface area is 164 Å². The highest BCUT2D eigenvalue weighted by molar-refractivity contribution is 7.87. The highest BCUT2D eigenvalue weighted by Gasteiger charge is 2.26. The molecule has 0 aliphatic carbocycles. The van der Waals surface area contributed by atoms with Crippen molar-refractivity contribution in [3.05, 3.63) is 29.8 Å². The fourth-order valence-electron chi connectivity index (χ4n) is 4.01. The summed E-state index contributed by atoms with van der Waals surface area (Å²) in [5, 5.41) is 0. The fraction of sp³-hybridized carbons (Fsp3) is 0.700. The molecule has 1 atom stereocenters. The Balaban J connectivity index is 1.36. The number of hydrogen-bond donors (Lipinski definition) is 1. The summed E-state index contributed by atoms with van der Waals surface area (Å²) >= 11 is 0. The van der Waals surface area contributed by atoms with Gasteiger partial charge < -0.3 is 4.90 Å². The van der Waals surface area contributed by atoms with E-state index in [0.717, 1.165) is 52.0 Å². The van der Waals surface area contributed by atoms with Gasteiger partial charge in [0.25, 0.3) is 10.2 Å². The molecule has 1 N–H and O–H groups in total. The SMILES string of the molecule is Cc1cccc(N2CCN(CCCNS(=O)(=O)N3CCCC(C)C3)CC2)c1. The Hall–Kier alpha value is -1.15. The normalized spacial score (nSPS) is 22.9. The van der Waals surface area contributed by atoms with Gasteiger partial charge in [0.1, 0.15) is 0 Å². The predicted octanol–water partition coefficient (Wildman–Crippen LogP) is 2.07. The van der Waals surface area contributed by atoms with Crippen molar-refractivity contribution in [3.63, 3.8) is 0 Å². The Morgan fingerprint density at radius 1 is 1.15 bits per heavy atom. The lowest BCUT2D eigenvalue weighted by molar-refractivity contribution is 0.254. The maximum atomic E-state index is 12.4. The van der Waals surface area contributed by atoms with E-state index in [2.05, 4.69) is 52.6 Å². The maximum absolute atomic E-state index is 12.4. The maximum Gasteiger partial charge on any atom is 0.279 e. The molecule has 2 aliphatic rings. The van der Waals surface area contributed by atoms with Gasteiger partial charge in [-0.25, -0.2) is 4.72 Å². The van der Waals surface area contributed by atoms with Crippen molar-refractivity contribution in [1.29, 1.82) is 0 Å². The van der Waals surface area contributed by atoms with Crippen LogP contribution in [0.3, 0.4) is 0 Å². The highest BCUT2D eigenvalue weighted by Crippen LogP contribution is 2.19. The smallest absolute Gasteiger partial charge is 0.279 e. The van der Waals surface area contributed by atoms with Gasteiger partial charge in [-0.15, -0.1) is 0 Å². The molecule has 0 bridgehead atoms. The molecule has 0 radical (unpaired) electrons. The molecule has 0 spiro atoms. The number of nitrogens with one attached hydrogen (secondary N) is 1. The minimum atomic E-state index is -3.31. The molecule has 27 heavy (non-hydrogen) atoms. The summed E-state index contributed by atoms with van der Waals surface area (Å²) < 4.78 is 29.2. The van der Waals surface area contributed by atoms with Crippen LogP contribution < -0.4 is 9.62 Å². The van der Waals surface area contributed by atoms with Gasteiger partial charge >= 0.3 is 0 Å². The number of rotatable bonds is 7. The van der Waals surface area contributed by atoms with E-state index in [-0.39, 0.29) is 0 Å². The van der Waals surface area contributed by atoms with Gasteiger partial charge in [0, 0.05) is 51.5 Å². The molecule has 2 saturated heterocycles. The van der Waals surface area contributed by atoms with Crippen LogP contribution in [0.2, 0.25) is 0 Å². The number of piperazine rings is 1. The van der Waals surface area contributed by atoms with E-state index < -0.39 is 10.2 Å². The van der Waals surface area contributed by atoms with E-state index in [0.29, 0.717) is 25.6 Å². The number of anilines is 1. The first-order valence-electron chi connectivity index (χ1n) is 10.2. The summed E-state index contributed by atoms with van der Waals surface area (Å²) in [6.45, 7) is 11.1. The van der Waals surface area contributed by atoms with Crippen LogP contribution in [0.1, 0.15) is 31.7 Å². The van der Waals surface area contributed by atoms with Crippen LogP contribution in [0, 0.1) is 12.8 Å². The van der Waals surface area contributed by atoms with Gasteiger partial charge in [-0.05, 0) is 56.3 Å². The summed E-state index contributed by atoms with van der Waals surface area (Å²) in [5.41, 5.74) is 2.60. The summed E-state index contributed by atoms with van der Waals surface area (Å²) in [5.74, 6) is 0.458. The minimum absolute atomic E-state index is 0.458. The third-order valence-electron chi connectivity index (χ3n) is 5.63. The molecule has 152 valence electrons. The molecule has 7 heteroatoms. The number of hydrogen-bond acceptors (Lipinski definition) is 4. The topological polar surface area (TPSA) is 55.9 Å². The van der Waals surface area contributed by atoms with Gasteiger partial charge in [0.05, 0.1) is 0 Å². The molecule has 2 aliphatic heterocycles. The monoisotopic (exact) mass is 394 g/mol. The lowest BCUT2D eigenvalue weighted by atomic mass is 10.0. The van der Waals surface area contributed by atoms with Gasteiger partial charge in [-0.2, -0.15) is 12.7 Å². The molecule has 0 saturated carbocycles. The zero-order valence-corrected chi connectivity index (χ0v) is 17.5. The molecule has 2 heterocycles. The minimum Gasteiger partial charge on any atom is -0.369 e. The van der Waals surface area contributed by atoms with Gasteiger partial charge in [0.2, 0.25) is 0 Å². The van der Waals surface area contributed by atoms with E-state index in [1.807, 2.05) is 0 Å². The standard InChI is InChI=1S/C20H34N4O2S/c1-18-6-3-8-20(16-18)23-14-12-22(13-15-23)10-5-9-21-27(25,26)24-11-4-7-19(2)17-24/h3,6,8,16,19,21H,4-5,7,9-15,17H2,1-2H3. The van der Waals surface area contributed by atoms with E-state index in [4.69, 9.17) is 0 Å². The van der Waals surface area contributed by atoms with E-state index in [9.17, 15) is 8.42 Å². The fourth-order valence-corrected chi connectivity index (χ4v) is 5.42. The Bertz CT molecular complexity index is 702. The summed E-state index contributed by atoms with van der Waals surface area (Å²) in [4.78, 5) is 4.87. The number of aryl methyl sites for hydroxylation is 1. The van der Waals surface area contributed by atoms with Crippen LogP contribution >= 0.6 is 0 Å². The second kappa shape index (κ2) is 9.37. The zero-order valence-electron chi connectivity index (χ0n) is 16.7. The van der Waals surface area contributed by atoms with Crippen molar-refractivity contribution >= 4 is 15.9 Å². The van der Waals surface area contributed by atoms with Crippen LogP contribution in [0.25, 0.3) is 0 Å². The van der Waals surface area contributed by atoms with Crippen LogP contribution in [-0.4, -0.2) is 70.0 Å². The van der Waals surface area contributed by atoms with Crippen molar-refractivity contribution in [1.82, 2.24) is 13.9 Å². The summed E-state index contributed by atoms with van der Waals surface area (Å²) in [6.07, 6.45) is 2.95. The van der Waals surface area contributed by atoms with Crippen LogP contribution in [0.5, 0.6) is 0 Å². The molecule has 0 amide bonds. The number of piperidine rings is 1. The van der Waals surface area contributed by atoms with Crippen molar-refractivity contribution in [2.45, 2.75) is 33.1 Å². The number of nitrogens with zero attached hydrogens (tertiary/aromatic N) is 3. The molecule has 0 aromatic heterocycles. The molecule has 2 fully saturated rings. The highest BCUT2D eigenvalue weighted by atomic mass is 32.2. The molecule has 1 aromatic rings. The second-order valence-electron chi connectivity index (χ2n) is 8.03. The molecule has 1 aromatic carbocycles. The first-order valence-corrected chi connectivity index (χ1v) is 11.7. The van der Waals surface area contributed by atoms with Crippen LogP contribution in [0.15, 0.2) is 24.3 Å². The molecule has 3 rings (SSSR count). The van der Waals surface area contributed by atoms with Crippen LogP contribution in [-0.2, 0) is 10.2 Å². The van der Waals surface area contributed by atoms with Crippen molar-refractivity contribution in [3.8, 4) is 0 Å². The average Bonchev–Trinajstić information content (AvgIpc) is 2.66. The van der Waals surface area contributed by atoms with Crippen molar-refractivity contribution < 1.29 is 8.42 Å².